The van der Waals surface area contributed by atoms with E-state index < -0.39 is 0 Å². The number of hydrogen-bond donors (Lipinski definition) is 0. The third-order valence-electron chi connectivity index (χ3n) is 1.06. The smallest absolute Gasteiger partial charge is 0.102 e. The molecule has 1 saturated heterocycles. The van der Waals surface area contributed by atoms with Crippen LogP contribution in [-0.2, 0) is 4.74 Å². The van der Waals surface area contributed by atoms with Crippen LogP contribution in [0.4, 0.5) is 0 Å². The maximum absolute atomic E-state index is 5.65. The van der Waals surface area contributed by atoms with E-state index in [4.69, 9.17) is 16.3 Å². The van der Waals surface area contributed by atoms with Crippen LogP contribution in [0.2, 0.25) is 0 Å². The summed E-state index contributed by atoms with van der Waals surface area (Å²) in [6, 6.07) is 0. The van der Waals surface area contributed by atoms with Gasteiger partial charge in [0.15, 0.2) is 0 Å². The quantitative estimate of drug-likeness (QED) is 0.630. The van der Waals surface area contributed by atoms with Crippen molar-refractivity contribution >= 4 is 34.9 Å². The Hall–Kier alpha value is 0.160. The lowest BCUT2D eigenvalue weighted by molar-refractivity contribution is 0.155. The molecule has 0 saturated carbocycles. The molecule has 1 fully saturated rings. The van der Waals surface area contributed by atoms with Crippen molar-refractivity contribution in [3.05, 3.63) is 11.6 Å². The fourth-order valence-electron chi connectivity index (χ4n) is 0.595. The van der Waals surface area contributed by atoms with Gasteiger partial charge in [0.2, 0.25) is 0 Å². The van der Waals surface area contributed by atoms with Crippen LogP contribution < -0.4 is 0 Å². The lowest BCUT2D eigenvalue weighted by Gasteiger charge is -2.14. The lowest BCUT2D eigenvalue weighted by atomic mass is 10.8. The van der Waals surface area contributed by atoms with E-state index in [1.54, 1.807) is 18.0 Å². The Balaban J connectivity index is 0.000000127. The van der Waals surface area contributed by atoms with Crippen molar-refractivity contribution in [2.24, 2.45) is 0 Å². The van der Waals surface area contributed by atoms with Gasteiger partial charge < -0.3 is 4.74 Å². The molecule has 1 aromatic heterocycles. The summed E-state index contributed by atoms with van der Waals surface area (Å²) < 4.78 is 8.75. The molecule has 0 spiro atoms. The minimum Gasteiger partial charge on any atom is -0.378 e. The van der Waals surface area contributed by atoms with Crippen LogP contribution in [0, 0.1) is 0 Å². The topological polar surface area (TPSA) is 35.0 Å². The summed E-state index contributed by atoms with van der Waals surface area (Å²) in [6.45, 7) is 1.58. The molecule has 2 rings (SSSR count). The van der Waals surface area contributed by atoms with E-state index in [2.05, 4.69) is 9.59 Å². The minimum absolute atomic E-state index is 0.203. The first-order valence-corrected chi connectivity index (χ1v) is 5.76. The number of ether oxygens (including phenoxy) is 1. The third-order valence-corrected chi connectivity index (χ3v) is 2.89. The molecule has 2 heterocycles. The zero-order chi connectivity index (χ0) is 8.65. The van der Waals surface area contributed by atoms with E-state index in [1.807, 2.05) is 5.38 Å². The molecule has 0 aliphatic carbocycles. The van der Waals surface area contributed by atoms with E-state index in [0.717, 1.165) is 12.4 Å². The van der Waals surface area contributed by atoms with E-state index in [0.29, 0.717) is 6.61 Å². The fraction of sp³-hybridized carbons (Fsp3) is 0.667. The second kappa shape index (κ2) is 6.65. The molecule has 1 aliphatic rings. The van der Waals surface area contributed by atoms with Gasteiger partial charge in [0.25, 0.3) is 0 Å². The highest BCUT2D eigenvalue weighted by atomic mass is 35.5. The zero-order valence-electron chi connectivity index (χ0n) is 6.35. The Morgan fingerprint density at radius 1 is 1.58 bits per heavy atom. The number of hydrogen-bond acceptors (Lipinski definition) is 5. The van der Waals surface area contributed by atoms with Crippen LogP contribution in [0.25, 0.3) is 0 Å². The van der Waals surface area contributed by atoms with Gasteiger partial charge in [0, 0.05) is 11.1 Å². The average Bonchev–Trinajstić information content (AvgIpc) is 2.62. The van der Waals surface area contributed by atoms with Crippen LogP contribution in [0.5, 0.6) is 0 Å². The maximum Gasteiger partial charge on any atom is 0.102 e. The predicted octanol–water partition coefficient (Wildman–Crippen LogP) is 1.85. The second-order valence-electron chi connectivity index (χ2n) is 1.94. The molecular formula is C6H9ClN2OS2. The maximum atomic E-state index is 5.65. The molecule has 1 aromatic rings. The molecule has 68 valence electrons. The molecule has 0 amide bonds. The molecule has 0 radical (unpaired) electrons. The molecular weight excluding hydrogens is 216 g/mol. The molecule has 1 atom stereocenters. The summed E-state index contributed by atoms with van der Waals surface area (Å²) >= 11 is 8.76. The van der Waals surface area contributed by atoms with Crippen molar-refractivity contribution in [2.75, 3.05) is 19.0 Å². The number of halogens is 1. The van der Waals surface area contributed by atoms with Crippen molar-refractivity contribution < 1.29 is 4.74 Å². The number of rotatable bonds is 0. The molecule has 0 aromatic carbocycles. The van der Waals surface area contributed by atoms with Crippen LogP contribution >= 0.6 is 34.9 Å². The summed E-state index contributed by atoms with van der Waals surface area (Å²) in [5.74, 6) is 1.05. The fourth-order valence-corrected chi connectivity index (χ4v) is 1.89. The van der Waals surface area contributed by atoms with Crippen molar-refractivity contribution in [3.63, 3.8) is 0 Å². The van der Waals surface area contributed by atoms with Crippen LogP contribution in [0.15, 0.2) is 11.6 Å². The second-order valence-corrected chi connectivity index (χ2v) is 4.69. The van der Waals surface area contributed by atoms with Gasteiger partial charge in [-0.3, -0.25) is 0 Å². The first kappa shape index (κ1) is 10.2. The van der Waals surface area contributed by atoms with Gasteiger partial charge in [0.05, 0.1) is 19.4 Å². The normalized spacial score (nSPS) is 22.6. The summed E-state index contributed by atoms with van der Waals surface area (Å²) in [5, 5.41) is 5.31. The lowest BCUT2D eigenvalue weighted by Crippen LogP contribution is -2.14. The molecule has 0 N–H and O–H groups in total. The van der Waals surface area contributed by atoms with Crippen LogP contribution in [0.1, 0.15) is 0 Å². The Labute approximate surface area is 84.6 Å². The van der Waals surface area contributed by atoms with Crippen molar-refractivity contribution in [3.8, 4) is 0 Å². The summed E-state index contributed by atoms with van der Waals surface area (Å²) in [6.07, 6.45) is 1.66. The highest BCUT2D eigenvalue weighted by Gasteiger charge is 2.08. The minimum atomic E-state index is 0.203. The third kappa shape index (κ3) is 4.92. The van der Waals surface area contributed by atoms with Gasteiger partial charge >= 0.3 is 0 Å². The number of aromatic nitrogens is 2. The summed E-state index contributed by atoms with van der Waals surface area (Å²) in [7, 11) is 0. The Morgan fingerprint density at radius 3 is 2.75 bits per heavy atom. The largest absolute Gasteiger partial charge is 0.378 e. The number of alkyl halides is 1. The van der Waals surface area contributed by atoms with Gasteiger partial charge in [-0.1, -0.05) is 4.49 Å². The van der Waals surface area contributed by atoms with Crippen molar-refractivity contribution in [2.45, 2.75) is 4.71 Å². The van der Waals surface area contributed by atoms with Crippen LogP contribution in [0.3, 0.4) is 0 Å². The predicted molar refractivity (Wildman–Crippen MR) is 52.8 cm³/mol. The Morgan fingerprint density at radius 2 is 2.50 bits per heavy atom. The van der Waals surface area contributed by atoms with Crippen molar-refractivity contribution in [1.29, 1.82) is 0 Å². The molecule has 6 heteroatoms. The highest BCUT2D eigenvalue weighted by molar-refractivity contribution is 8.01. The highest BCUT2D eigenvalue weighted by Crippen LogP contribution is 2.18. The van der Waals surface area contributed by atoms with E-state index >= 15 is 0 Å². The van der Waals surface area contributed by atoms with Gasteiger partial charge in [0.1, 0.15) is 4.71 Å². The average molecular weight is 225 g/mol. The summed E-state index contributed by atoms with van der Waals surface area (Å²) in [4.78, 5) is 0. The molecule has 1 unspecified atom stereocenters. The zero-order valence-corrected chi connectivity index (χ0v) is 8.74. The molecule has 1 aliphatic heterocycles. The van der Waals surface area contributed by atoms with Crippen molar-refractivity contribution in [1.82, 2.24) is 9.59 Å². The first-order valence-electron chi connectivity index (χ1n) is 3.44. The van der Waals surface area contributed by atoms with Crippen LogP contribution in [-0.4, -0.2) is 33.3 Å². The number of thioether (sulfide) groups is 1. The summed E-state index contributed by atoms with van der Waals surface area (Å²) in [5.41, 5.74) is 0. The first-order chi connectivity index (χ1) is 5.89. The van der Waals surface area contributed by atoms with Gasteiger partial charge in [-0.25, -0.2) is 0 Å². The van der Waals surface area contributed by atoms with E-state index in [9.17, 15) is 0 Å². The number of nitrogens with zero attached hydrogens (tertiary/aromatic N) is 2. The Bertz CT molecular complexity index is 162. The SMILES string of the molecule is ClC1COCCS1.c1csnn1. The van der Waals surface area contributed by atoms with E-state index in [1.165, 1.54) is 11.5 Å². The van der Waals surface area contributed by atoms with Gasteiger partial charge in [-0.15, -0.1) is 28.5 Å². The monoisotopic (exact) mass is 224 g/mol. The standard InChI is InChI=1S/C4H7ClOS.C2H2N2S/c5-4-3-6-1-2-7-4;1-2-5-4-3-1/h4H,1-3H2;1-2H. The Kier molecular flexibility index (Phi) is 5.68. The van der Waals surface area contributed by atoms with Gasteiger partial charge in [-0.05, 0) is 11.5 Å². The molecule has 12 heavy (non-hydrogen) atoms. The molecule has 0 bridgehead atoms. The molecule has 3 nitrogen and oxygen atoms in total. The van der Waals surface area contributed by atoms with Gasteiger partial charge in [-0.2, -0.15) is 0 Å². The van der Waals surface area contributed by atoms with E-state index in [-0.39, 0.29) is 4.71 Å².